The minimum Gasteiger partial charge on any atom is -0.389 e. The van der Waals surface area contributed by atoms with E-state index in [0.717, 1.165) is 41.6 Å². The van der Waals surface area contributed by atoms with Crippen molar-refractivity contribution < 1.29 is 8.78 Å². The fourth-order valence-electron chi connectivity index (χ4n) is 5.40. The number of fused-ring (bicyclic) bond motifs is 2. The van der Waals surface area contributed by atoms with Crippen LogP contribution in [0.4, 0.5) is 18.8 Å². The van der Waals surface area contributed by atoms with Crippen molar-refractivity contribution in [3.63, 3.8) is 0 Å². The maximum atomic E-state index is 13.4. The molecule has 6 rings (SSSR count). The number of halogens is 3. The smallest absolute Gasteiger partial charge is 0.123 e. The summed E-state index contributed by atoms with van der Waals surface area (Å²) >= 11 is 6.31. The molecule has 4 heterocycles. The Morgan fingerprint density at radius 3 is 1.93 bits per heavy atom. The molecule has 2 aromatic carbocycles. The van der Waals surface area contributed by atoms with E-state index >= 15 is 0 Å². The van der Waals surface area contributed by atoms with Crippen molar-refractivity contribution in [3.8, 4) is 12.1 Å². The van der Waals surface area contributed by atoms with Crippen LogP contribution in [0.25, 0.3) is 0 Å². The molecular weight excluding hydrogens is 674 g/mol. The number of anilines is 2. The number of benzene rings is 2. The number of nitrogens with zero attached hydrogens (tertiary/aromatic N) is 3. The Morgan fingerprint density at radius 2 is 1.40 bits per heavy atom. The molecule has 45 heavy (non-hydrogen) atoms. The Morgan fingerprint density at radius 1 is 0.867 bits per heavy atom. The summed E-state index contributed by atoms with van der Waals surface area (Å²) in [6.07, 6.45) is 1.81. The predicted molar refractivity (Wildman–Crippen MR) is 184 cm³/mol. The van der Waals surface area contributed by atoms with Crippen LogP contribution in [0.3, 0.4) is 0 Å². The van der Waals surface area contributed by atoms with Crippen molar-refractivity contribution in [2.75, 3.05) is 11.5 Å². The lowest BCUT2D eigenvalue weighted by molar-refractivity contribution is 0.0904. The first kappa shape index (κ1) is 34.6. The molecule has 2 aliphatic rings. The van der Waals surface area contributed by atoms with Gasteiger partial charge in [-0.25, -0.2) is 8.78 Å². The standard InChI is InChI=1S/C17H18FN3S.C10H13N3S.C7H6BrF/c1-17(2)7-15-14(13(8-19)16(20)22-15)10-21(17)9-11-4-3-5-12(18)6-11;1-10(2)3-8-7(5-13-10)6(4-11)9(12)14-8;8-5-6-2-1-3-7(9)4-6/h3-6H,7,9-10,20H2,1-2H3;13H,3,5,12H2,1-2H3;1-4H,5H2. The van der Waals surface area contributed by atoms with Crippen molar-refractivity contribution in [2.45, 2.75) is 76.6 Å². The minimum atomic E-state index is -0.217. The molecule has 0 unspecified atom stereocenters. The van der Waals surface area contributed by atoms with E-state index in [1.165, 1.54) is 39.3 Å². The van der Waals surface area contributed by atoms with Gasteiger partial charge in [0.1, 0.15) is 33.8 Å². The summed E-state index contributed by atoms with van der Waals surface area (Å²) in [4.78, 5) is 4.76. The third-order valence-corrected chi connectivity index (χ3v) is 10.7. The van der Waals surface area contributed by atoms with E-state index in [2.05, 4.69) is 66.0 Å². The fraction of sp³-hybridized carbons (Fsp3) is 0.353. The van der Waals surface area contributed by atoms with Gasteiger partial charge in [-0.1, -0.05) is 40.2 Å². The van der Waals surface area contributed by atoms with Gasteiger partial charge in [-0.3, -0.25) is 4.90 Å². The zero-order valence-electron chi connectivity index (χ0n) is 25.8. The van der Waals surface area contributed by atoms with Gasteiger partial charge >= 0.3 is 0 Å². The number of hydrogen-bond acceptors (Lipinski definition) is 8. The van der Waals surface area contributed by atoms with Crippen LogP contribution in [0.5, 0.6) is 0 Å². The molecule has 0 saturated heterocycles. The Hall–Kier alpha value is -3.32. The van der Waals surface area contributed by atoms with Crippen LogP contribution in [0.15, 0.2) is 48.5 Å². The highest BCUT2D eigenvalue weighted by molar-refractivity contribution is 9.08. The van der Waals surface area contributed by atoms with Gasteiger partial charge in [0.25, 0.3) is 0 Å². The van der Waals surface area contributed by atoms with Crippen molar-refractivity contribution in [1.82, 2.24) is 10.2 Å². The molecule has 0 fully saturated rings. The third kappa shape index (κ3) is 8.49. The van der Waals surface area contributed by atoms with E-state index in [9.17, 15) is 14.0 Å². The second-order valence-corrected chi connectivity index (χ2v) is 15.2. The summed E-state index contributed by atoms with van der Waals surface area (Å²) in [6.45, 7) is 10.8. The lowest BCUT2D eigenvalue weighted by atomic mass is 9.89. The maximum Gasteiger partial charge on any atom is 0.123 e. The zero-order valence-corrected chi connectivity index (χ0v) is 29.0. The largest absolute Gasteiger partial charge is 0.389 e. The normalized spacial score (nSPS) is 16.0. The predicted octanol–water partition coefficient (Wildman–Crippen LogP) is 8.02. The average Bonchev–Trinajstić information content (AvgIpc) is 3.45. The Balaban J connectivity index is 0.000000171. The van der Waals surface area contributed by atoms with Crippen LogP contribution in [0.1, 0.15) is 70.8 Å². The number of nitriles is 2. The third-order valence-electron chi connectivity index (χ3n) is 7.91. The molecule has 0 amide bonds. The molecule has 236 valence electrons. The van der Waals surface area contributed by atoms with Gasteiger partial charge in [-0.15, -0.1) is 22.7 Å². The van der Waals surface area contributed by atoms with Gasteiger partial charge in [0.2, 0.25) is 0 Å². The summed E-state index contributed by atoms with van der Waals surface area (Å²) in [5, 5.41) is 23.6. The van der Waals surface area contributed by atoms with E-state index in [1.54, 1.807) is 29.5 Å². The fourth-order valence-corrected chi connectivity index (χ4v) is 8.27. The van der Waals surface area contributed by atoms with E-state index in [1.807, 2.05) is 12.1 Å². The Bertz CT molecular complexity index is 1750. The van der Waals surface area contributed by atoms with Crippen LogP contribution in [-0.2, 0) is 37.8 Å². The Kier molecular flexibility index (Phi) is 11.1. The first-order chi connectivity index (χ1) is 21.3. The van der Waals surface area contributed by atoms with Gasteiger partial charge < -0.3 is 16.8 Å². The molecule has 2 aromatic heterocycles. The lowest BCUT2D eigenvalue weighted by Gasteiger charge is -2.42. The van der Waals surface area contributed by atoms with Crippen molar-refractivity contribution in [1.29, 1.82) is 10.5 Å². The molecule has 4 aromatic rings. The highest BCUT2D eigenvalue weighted by Gasteiger charge is 2.36. The molecule has 0 bridgehead atoms. The van der Waals surface area contributed by atoms with Gasteiger partial charge in [0.15, 0.2) is 0 Å². The SMILES string of the molecule is CC1(C)Cc2sc(N)c(C#N)c2CN1.CC1(C)Cc2sc(N)c(C#N)c2CN1Cc1cccc(F)c1.Fc1cccc(CBr)c1. The van der Waals surface area contributed by atoms with Crippen LogP contribution in [-0.4, -0.2) is 16.0 Å². The molecule has 6 nitrogen and oxygen atoms in total. The summed E-state index contributed by atoms with van der Waals surface area (Å²) in [7, 11) is 0. The second kappa shape index (κ2) is 14.4. The highest BCUT2D eigenvalue weighted by atomic mass is 79.9. The molecule has 0 aliphatic carbocycles. The van der Waals surface area contributed by atoms with Gasteiger partial charge in [0.05, 0.1) is 11.1 Å². The van der Waals surface area contributed by atoms with Crippen molar-refractivity contribution in [2.24, 2.45) is 0 Å². The maximum absolute atomic E-state index is 13.4. The number of hydrogen-bond donors (Lipinski definition) is 3. The first-order valence-corrected chi connectivity index (χ1v) is 17.2. The van der Waals surface area contributed by atoms with Crippen LogP contribution in [0.2, 0.25) is 0 Å². The Labute approximate surface area is 280 Å². The van der Waals surface area contributed by atoms with E-state index in [0.29, 0.717) is 39.5 Å². The molecule has 2 aliphatic heterocycles. The van der Waals surface area contributed by atoms with Crippen LogP contribution < -0.4 is 16.8 Å². The van der Waals surface area contributed by atoms with E-state index in [-0.39, 0.29) is 22.7 Å². The number of rotatable bonds is 3. The average molecular weight is 712 g/mol. The van der Waals surface area contributed by atoms with E-state index < -0.39 is 0 Å². The topological polar surface area (TPSA) is 115 Å². The summed E-state index contributed by atoms with van der Waals surface area (Å²) in [5.41, 5.74) is 17.2. The number of nitrogens with two attached hydrogens (primary N) is 2. The molecular formula is C34H37BrF2N6S2. The number of nitrogens with one attached hydrogen (secondary N) is 1. The molecule has 11 heteroatoms. The van der Waals surface area contributed by atoms with Crippen molar-refractivity contribution in [3.05, 3.63) is 103 Å². The van der Waals surface area contributed by atoms with Gasteiger partial charge in [-0.05, 0) is 75.1 Å². The minimum absolute atomic E-state index is 0.0522. The van der Waals surface area contributed by atoms with Gasteiger partial charge in [-0.2, -0.15) is 10.5 Å². The monoisotopic (exact) mass is 710 g/mol. The molecule has 0 spiro atoms. The highest BCUT2D eigenvalue weighted by Crippen LogP contribution is 2.40. The summed E-state index contributed by atoms with van der Waals surface area (Å²) < 4.78 is 25.7. The lowest BCUT2D eigenvalue weighted by Crippen LogP contribution is -2.47. The molecule has 5 N–H and O–H groups in total. The molecule has 0 atom stereocenters. The number of thiophene rings is 2. The molecule has 0 saturated carbocycles. The molecule has 0 radical (unpaired) electrons. The van der Waals surface area contributed by atoms with Crippen molar-refractivity contribution >= 4 is 48.6 Å². The van der Waals surface area contributed by atoms with E-state index in [4.69, 9.17) is 16.7 Å². The number of nitrogen functional groups attached to an aromatic ring is 2. The summed E-state index contributed by atoms with van der Waals surface area (Å²) in [6, 6.07) is 17.6. The van der Waals surface area contributed by atoms with Crippen LogP contribution in [0, 0.1) is 34.3 Å². The zero-order chi connectivity index (χ0) is 32.9. The van der Waals surface area contributed by atoms with Crippen LogP contribution >= 0.6 is 38.6 Å². The second-order valence-electron chi connectivity index (χ2n) is 12.4. The quantitative estimate of drug-likeness (QED) is 0.186. The first-order valence-electron chi connectivity index (χ1n) is 14.4. The number of alkyl halides is 1. The summed E-state index contributed by atoms with van der Waals surface area (Å²) in [5.74, 6) is -0.391. The van der Waals surface area contributed by atoms with Gasteiger partial charge in [0, 0.05) is 57.8 Å².